The summed E-state index contributed by atoms with van der Waals surface area (Å²) in [5.74, 6) is 1.23. The van der Waals surface area contributed by atoms with Gasteiger partial charge in [-0.15, -0.1) is 11.3 Å². The number of anilines is 1. The number of hydrogen-bond acceptors (Lipinski definition) is 5. The molecular formula is C31H28ClIN2O3S. The summed E-state index contributed by atoms with van der Waals surface area (Å²) in [6.45, 7) is 2.83. The van der Waals surface area contributed by atoms with Gasteiger partial charge in [0, 0.05) is 21.8 Å². The largest absolute Gasteiger partial charge is 0.490 e. The highest BCUT2D eigenvalue weighted by atomic mass is 127. The van der Waals surface area contributed by atoms with Crippen molar-refractivity contribution in [3.05, 3.63) is 102 Å². The molecule has 0 saturated carbocycles. The molecule has 39 heavy (non-hydrogen) atoms. The van der Waals surface area contributed by atoms with E-state index in [1.807, 2.05) is 79.9 Å². The molecule has 0 unspecified atom stereocenters. The molecule has 0 fully saturated rings. The van der Waals surface area contributed by atoms with E-state index in [2.05, 4.69) is 27.9 Å². The second-order valence-electron chi connectivity index (χ2n) is 9.15. The Bertz CT molecular complexity index is 1500. The number of thiophene rings is 1. The van der Waals surface area contributed by atoms with Crippen molar-refractivity contribution in [3.63, 3.8) is 0 Å². The third-order valence-electron chi connectivity index (χ3n) is 6.35. The van der Waals surface area contributed by atoms with E-state index in [0.29, 0.717) is 35.3 Å². The topological polar surface area (TPSA) is 59.9 Å². The summed E-state index contributed by atoms with van der Waals surface area (Å²) in [5, 5.41) is 4.47. The van der Waals surface area contributed by atoms with Gasteiger partial charge in [0.25, 0.3) is 5.91 Å². The number of nitrogens with one attached hydrogen (secondary N) is 1. The lowest BCUT2D eigenvalue weighted by Crippen LogP contribution is -2.14. The lowest BCUT2D eigenvalue weighted by atomic mass is 9.95. The molecule has 5 nitrogen and oxygen atoms in total. The maximum Gasteiger partial charge on any atom is 0.259 e. The predicted octanol–water partition coefficient (Wildman–Crippen LogP) is 8.87. The molecule has 1 N–H and O–H groups in total. The fraction of sp³-hybridized carbons (Fsp3) is 0.226. The second-order valence-corrected chi connectivity index (χ2v) is 11.8. The van der Waals surface area contributed by atoms with Crippen LogP contribution in [0.2, 0.25) is 5.02 Å². The minimum Gasteiger partial charge on any atom is -0.490 e. The number of amides is 1. The molecule has 1 heterocycles. The molecule has 1 aromatic heterocycles. The van der Waals surface area contributed by atoms with Crippen molar-refractivity contribution >= 4 is 68.3 Å². The molecular weight excluding hydrogens is 643 g/mol. The zero-order valence-electron chi connectivity index (χ0n) is 21.5. The smallest absolute Gasteiger partial charge is 0.259 e. The van der Waals surface area contributed by atoms with Crippen LogP contribution in [0.4, 0.5) is 10.7 Å². The van der Waals surface area contributed by atoms with Gasteiger partial charge in [0.15, 0.2) is 11.5 Å². The lowest BCUT2D eigenvalue weighted by Gasteiger charge is -2.15. The number of aryl methyl sites for hydroxylation is 1. The van der Waals surface area contributed by atoms with Gasteiger partial charge in [-0.1, -0.05) is 41.9 Å². The number of para-hydroxylation sites is 1. The van der Waals surface area contributed by atoms with Crippen LogP contribution in [-0.2, 0) is 19.4 Å². The Labute approximate surface area is 251 Å². The summed E-state index contributed by atoms with van der Waals surface area (Å²) < 4.78 is 13.0. The molecule has 0 radical (unpaired) electrons. The van der Waals surface area contributed by atoms with E-state index in [4.69, 9.17) is 26.1 Å². The third-order valence-corrected chi connectivity index (χ3v) is 8.58. The fourth-order valence-electron chi connectivity index (χ4n) is 4.57. The standard InChI is InChI=1S/C31H28ClIN2O3S/c1-2-37-26-17-21(16-25(33)29(26)38-19-20-9-8-10-22(32)15-20)18-34-31-28(24-13-6-7-14-27(24)39-31)30(36)35-23-11-4-3-5-12-23/h3-5,8-12,15-18H,2,6-7,13-14,19H2,1H3,(H,35,36). The average molecular weight is 671 g/mol. The van der Waals surface area contributed by atoms with Gasteiger partial charge in [0.2, 0.25) is 0 Å². The van der Waals surface area contributed by atoms with Crippen LogP contribution in [-0.4, -0.2) is 18.7 Å². The first-order valence-electron chi connectivity index (χ1n) is 12.9. The SMILES string of the molecule is CCOc1cc(C=Nc2sc3c(c2C(=O)Nc2ccccc2)CCCC3)cc(I)c1OCc1cccc(Cl)c1. The van der Waals surface area contributed by atoms with Crippen LogP contribution in [0.25, 0.3) is 0 Å². The van der Waals surface area contributed by atoms with E-state index in [0.717, 1.165) is 56.6 Å². The first-order valence-corrected chi connectivity index (χ1v) is 15.2. The Morgan fingerprint density at radius 1 is 1.08 bits per heavy atom. The van der Waals surface area contributed by atoms with E-state index in [-0.39, 0.29) is 5.91 Å². The Kier molecular flexibility index (Phi) is 9.21. The first kappa shape index (κ1) is 27.7. The summed E-state index contributed by atoms with van der Waals surface area (Å²) in [6.07, 6.45) is 5.94. The van der Waals surface area contributed by atoms with Gasteiger partial charge < -0.3 is 14.8 Å². The number of nitrogens with zero attached hydrogens (tertiary/aromatic N) is 1. The van der Waals surface area contributed by atoms with Crippen LogP contribution in [0.5, 0.6) is 11.5 Å². The molecule has 5 rings (SSSR count). The van der Waals surface area contributed by atoms with Gasteiger partial charge in [0.05, 0.1) is 15.7 Å². The number of hydrogen-bond donors (Lipinski definition) is 1. The number of aliphatic imine (C=N–C) groups is 1. The first-order chi connectivity index (χ1) is 19.0. The summed E-state index contributed by atoms with van der Waals surface area (Å²) in [6, 6.07) is 21.1. The van der Waals surface area contributed by atoms with Crippen LogP contribution < -0.4 is 14.8 Å². The number of benzene rings is 3. The molecule has 0 atom stereocenters. The predicted molar refractivity (Wildman–Crippen MR) is 169 cm³/mol. The molecule has 8 heteroatoms. The normalized spacial score (nSPS) is 12.8. The summed E-state index contributed by atoms with van der Waals surface area (Å²) in [4.78, 5) is 19.5. The van der Waals surface area contributed by atoms with Gasteiger partial charge in [0.1, 0.15) is 11.6 Å². The van der Waals surface area contributed by atoms with Crippen molar-refractivity contribution in [2.45, 2.75) is 39.2 Å². The van der Waals surface area contributed by atoms with Gasteiger partial charge in [-0.25, -0.2) is 4.99 Å². The Balaban J connectivity index is 1.42. The highest BCUT2D eigenvalue weighted by Gasteiger charge is 2.25. The van der Waals surface area contributed by atoms with Crippen molar-refractivity contribution in [1.82, 2.24) is 0 Å². The van der Waals surface area contributed by atoms with E-state index >= 15 is 0 Å². The third kappa shape index (κ3) is 6.83. The zero-order valence-corrected chi connectivity index (χ0v) is 25.2. The fourth-order valence-corrected chi connectivity index (χ4v) is 6.80. The van der Waals surface area contributed by atoms with Gasteiger partial charge in [-0.05, 0) is 108 Å². The highest BCUT2D eigenvalue weighted by molar-refractivity contribution is 14.1. The average Bonchev–Trinajstić information content (AvgIpc) is 3.31. The molecule has 0 spiro atoms. The van der Waals surface area contributed by atoms with Gasteiger partial charge in [-0.2, -0.15) is 0 Å². The molecule has 1 amide bonds. The number of carbonyl (C=O) groups excluding carboxylic acids is 1. The monoisotopic (exact) mass is 670 g/mol. The number of halogens is 2. The number of carbonyl (C=O) groups is 1. The van der Waals surface area contributed by atoms with E-state index in [1.165, 1.54) is 4.88 Å². The van der Waals surface area contributed by atoms with Crippen LogP contribution in [0.3, 0.4) is 0 Å². The Morgan fingerprint density at radius 3 is 2.69 bits per heavy atom. The number of fused-ring (bicyclic) bond motifs is 1. The molecule has 3 aromatic carbocycles. The van der Waals surface area contributed by atoms with Gasteiger partial charge in [-0.3, -0.25) is 4.79 Å². The van der Waals surface area contributed by atoms with E-state index in [1.54, 1.807) is 11.3 Å². The van der Waals surface area contributed by atoms with Crippen molar-refractivity contribution in [2.24, 2.45) is 4.99 Å². The quantitative estimate of drug-likeness (QED) is 0.143. The molecule has 0 saturated heterocycles. The van der Waals surface area contributed by atoms with E-state index < -0.39 is 0 Å². The minimum absolute atomic E-state index is 0.109. The van der Waals surface area contributed by atoms with Crippen LogP contribution in [0.15, 0.2) is 71.7 Å². The van der Waals surface area contributed by atoms with Crippen molar-refractivity contribution in [1.29, 1.82) is 0 Å². The number of ether oxygens (including phenoxy) is 2. The van der Waals surface area contributed by atoms with Crippen LogP contribution in [0, 0.1) is 3.57 Å². The van der Waals surface area contributed by atoms with Crippen LogP contribution in [0.1, 0.15) is 51.7 Å². The van der Waals surface area contributed by atoms with Crippen molar-refractivity contribution in [3.8, 4) is 11.5 Å². The second kappa shape index (κ2) is 13.0. The van der Waals surface area contributed by atoms with Crippen molar-refractivity contribution < 1.29 is 14.3 Å². The maximum atomic E-state index is 13.4. The summed E-state index contributed by atoms with van der Waals surface area (Å²) in [7, 11) is 0. The maximum absolute atomic E-state index is 13.4. The van der Waals surface area contributed by atoms with Gasteiger partial charge >= 0.3 is 0 Å². The molecule has 1 aliphatic carbocycles. The minimum atomic E-state index is -0.109. The molecule has 4 aromatic rings. The summed E-state index contributed by atoms with van der Waals surface area (Å²) in [5.41, 5.74) is 4.46. The molecule has 0 bridgehead atoms. The number of rotatable bonds is 9. The highest BCUT2D eigenvalue weighted by Crippen LogP contribution is 2.41. The Morgan fingerprint density at radius 2 is 1.90 bits per heavy atom. The van der Waals surface area contributed by atoms with E-state index in [9.17, 15) is 4.79 Å². The summed E-state index contributed by atoms with van der Waals surface area (Å²) >= 11 is 10.0. The lowest BCUT2D eigenvalue weighted by molar-refractivity contribution is 0.102. The Hall–Kier alpha value is -2.88. The molecule has 0 aliphatic heterocycles. The molecule has 1 aliphatic rings. The molecule has 200 valence electrons. The van der Waals surface area contributed by atoms with Crippen molar-refractivity contribution in [2.75, 3.05) is 11.9 Å². The zero-order chi connectivity index (χ0) is 27.2. The van der Waals surface area contributed by atoms with Crippen LogP contribution >= 0.6 is 45.5 Å².